The zero-order chi connectivity index (χ0) is 13.8. The Bertz CT molecular complexity index is 390. The van der Waals surface area contributed by atoms with Crippen molar-refractivity contribution < 1.29 is 18.3 Å². The van der Waals surface area contributed by atoms with Gasteiger partial charge in [-0.3, -0.25) is 0 Å². The van der Waals surface area contributed by atoms with E-state index < -0.39 is 18.0 Å². The Morgan fingerprint density at radius 3 is 2.50 bits per heavy atom. The van der Waals surface area contributed by atoms with E-state index >= 15 is 0 Å². The molecule has 3 N–H and O–H groups in total. The highest BCUT2D eigenvalue weighted by Gasteiger charge is 2.39. The zero-order valence-electron chi connectivity index (χ0n) is 10.3. The molecule has 0 saturated heterocycles. The molecule has 0 aliphatic carbocycles. The quantitative estimate of drug-likeness (QED) is 0.794. The summed E-state index contributed by atoms with van der Waals surface area (Å²) in [5.74, 6) is -0.404. The highest BCUT2D eigenvalue weighted by molar-refractivity contribution is 5.39. The molecule has 0 amide bonds. The summed E-state index contributed by atoms with van der Waals surface area (Å²) in [6.45, 7) is 2.06. The van der Waals surface area contributed by atoms with Crippen molar-refractivity contribution in [1.29, 1.82) is 0 Å². The van der Waals surface area contributed by atoms with Crippen LogP contribution in [-0.4, -0.2) is 11.3 Å². The van der Waals surface area contributed by atoms with Crippen LogP contribution in [-0.2, 0) is 6.42 Å². The van der Waals surface area contributed by atoms with Crippen LogP contribution in [0.15, 0.2) is 18.2 Å². The Hall–Kier alpha value is -1.23. The molecule has 2 nitrogen and oxygen atoms in total. The van der Waals surface area contributed by atoms with E-state index in [1.54, 1.807) is 6.07 Å². The molecule has 1 aromatic carbocycles. The summed E-state index contributed by atoms with van der Waals surface area (Å²) >= 11 is 0. The third-order valence-electron chi connectivity index (χ3n) is 2.85. The first-order valence-corrected chi connectivity index (χ1v) is 6.00. The Labute approximate surface area is 105 Å². The normalized spacial score (nSPS) is 13.6. The largest absolute Gasteiger partial charge is 0.508 e. The van der Waals surface area contributed by atoms with Gasteiger partial charge in [0, 0.05) is 5.56 Å². The maximum Gasteiger partial charge on any atom is 0.407 e. The van der Waals surface area contributed by atoms with Gasteiger partial charge in [0.05, 0.1) is 0 Å². The molecule has 0 aliphatic heterocycles. The molecule has 0 saturated carbocycles. The van der Waals surface area contributed by atoms with E-state index in [-0.39, 0.29) is 5.56 Å². The average molecular weight is 261 g/mol. The minimum Gasteiger partial charge on any atom is -0.508 e. The van der Waals surface area contributed by atoms with Crippen molar-refractivity contribution in [3.05, 3.63) is 29.3 Å². The fourth-order valence-electron chi connectivity index (χ4n) is 1.76. The van der Waals surface area contributed by atoms with Gasteiger partial charge in [-0.25, -0.2) is 0 Å². The molecule has 0 aromatic heterocycles. The van der Waals surface area contributed by atoms with Crippen LogP contribution in [0.25, 0.3) is 0 Å². The van der Waals surface area contributed by atoms with E-state index in [2.05, 4.69) is 6.92 Å². The number of rotatable bonds is 5. The van der Waals surface area contributed by atoms with Gasteiger partial charge in [0.25, 0.3) is 0 Å². The highest BCUT2D eigenvalue weighted by Crippen LogP contribution is 2.35. The van der Waals surface area contributed by atoms with Gasteiger partial charge in [0.2, 0.25) is 0 Å². The third kappa shape index (κ3) is 3.91. The molecule has 1 aromatic rings. The van der Waals surface area contributed by atoms with Crippen LogP contribution in [0.1, 0.15) is 43.4 Å². The lowest BCUT2D eigenvalue weighted by molar-refractivity contribution is -0.149. The molecule has 5 heteroatoms. The van der Waals surface area contributed by atoms with Gasteiger partial charge in [-0.1, -0.05) is 31.9 Å². The molecule has 1 rings (SSSR count). The van der Waals surface area contributed by atoms with Crippen molar-refractivity contribution in [2.45, 2.75) is 44.8 Å². The number of phenolic OH excluding ortho intramolecular Hbond substituents is 1. The maximum absolute atomic E-state index is 12.5. The number of aryl methyl sites for hydroxylation is 1. The van der Waals surface area contributed by atoms with Crippen LogP contribution in [0.5, 0.6) is 5.75 Å². The molecule has 0 heterocycles. The summed E-state index contributed by atoms with van der Waals surface area (Å²) in [6.07, 6.45) is -0.846. The van der Waals surface area contributed by atoms with Gasteiger partial charge in [0.1, 0.15) is 11.8 Å². The fourth-order valence-corrected chi connectivity index (χ4v) is 1.76. The average Bonchev–Trinajstić information content (AvgIpc) is 2.29. The van der Waals surface area contributed by atoms with E-state index in [9.17, 15) is 18.3 Å². The van der Waals surface area contributed by atoms with Crippen molar-refractivity contribution in [2.24, 2.45) is 5.73 Å². The molecule has 18 heavy (non-hydrogen) atoms. The van der Waals surface area contributed by atoms with Crippen LogP contribution in [0.3, 0.4) is 0 Å². The maximum atomic E-state index is 12.5. The van der Waals surface area contributed by atoms with E-state index in [0.29, 0.717) is 6.42 Å². The van der Waals surface area contributed by atoms with Crippen molar-refractivity contribution in [1.82, 2.24) is 0 Å². The standard InChI is InChI=1S/C13H18F3NO/c1-2-3-4-5-9-6-7-11(18)10(8-9)12(17)13(14,15)16/h6-8,12,18H,2-5,17H2,1H3/t12-/m1/s1. The van der Waals surface area contributed by atoms with Crippen LogP contribution in [0.4, 0.5) is 13.2 Å². The van der Waals surface area contributed by atoms with Crippen LogP contribution < -0.4 is 5.73 Å². The summed E-state index contributed by atoms with van der Waals surface area (Å²) in [5, 5.41) is 9.46. The lowest BCUT2D eigenvalue weighted by Crippen LogP contribution is -2.28. The smallest absolute Gasteiger partial charge is 0.407 e. The second-order valence-corrected chi connectivity index (χ2v) is 4.37. The predicted molar refractivity (Wildman–Crippen MR) is 64.3 cm³/mol. The molecule has 0 bridgehead atoms. The van der Waals surface area contributed by atoms with E-state index in [0.717, 1.165) is 24.8 Å². The lowest BCUT2D eigenvalue weighted by Gasteiger charge is -2.18. The predicted octanol–water partition coefficient (Wildman–Crippen LogP) is 3.69. The first-order valence-electron chi connectivity index (χ1n) is 6.00. The number of hydrogen-bond acceptors (Lipinski definition) is 2. The van der Waals surface area contributed by atoms with Gasteiger partial charge < -0.3 is 10.8 Å². The number of halogens is 3. The van der Waals surface area contributed by atoms with Crippen molar-refractivity contribution in [2.75, 3.05) is 0 Å². The van der Waals surface area contributed by atoms with Crippen molar-refractivity contribution in [3.8, 4) is 5.75 Å². The molecule has 102 valence electrons. The van der Waals surface area contributed by atoms with Gasteiger partial charge in [0.15, 0.2) is 0 Å². The molecular formula is C13H18F3NO. The third-order valence-corrected chi connectivity index (χ3v) is 2.85. The summed E-state index contributed by atoms with van der Waals surface area (Å²) in [6, 6.07) is 2.13. The van der Waals surface area contributed by atoms with Crippen LogP contribution in [0.2, 0.25) is 0 Å². The number of unbranched alkanes of at least 4 members (excludes halogenated alkanes) is 2. The van der Waals surface area contributed by atoms with Crippen molar-refractivity contribution in [3.63, 3.8) is 0 Å². The number of hydrogen-bond donors (Lipinski definition) is 2. The van der Waals surface area contributed by atoms with Gasteiger partial charge in [-0.05, 0) is 24.5 Å². The van der Waals surface area contributed by atoms with E-state index in [1.165, 1.54) is 12.1 Å². The fraction of sp³-hybridized carbons (Fsp3) is 0.538. The number of aromatic hydroxyl groups is 1. The van der Waals surface area contributed by atoms with Gasteiger partial charge in [-0.2, -0.15) is 13.2 Å². The summed E-state index contributed by atoms with van der Waals surface area (Å²) in [4.78, 5) is 0. The second kappa shape index (κ2) is 6.09. The van der Waals surface area contributed by atoms with Crippen LogP contribution in [0, 0.1) is 0 Å². The molecule has 0 unspecified atom stereocenters. The summed E-state index contributed by atoms with van der Waals surface area (Å²) in [5.41, 5.74) is 5.63. The minimum absolute atomic E-state index is 0.253. The minimum atomic E-state index is -4.54. The topological polar surface area (TPSA) is 46.2 Å². The second-order valence-electron chi connectivity index (χ2n) is 4.37. The number of nitrogens with two attached hydrogens (primary N) is 1. The molecule has 0 fully saturated rings. The monoisotopic (exact) mass is 261 g/mol. The van der Waals surface area contributed by atoms with Crippen LogP contribution >= 0.6 is 0 Å². The van der Waals surface area contributed by atoms with E-state index in [1.807, 2.05) is 0 Å². The Balaban J connectivity index is 2.87. The zero-order valence-corrected chi connectivity index (χ0v) is 10.3. The summed E-state index contributed by atoms with van der Waals surface area (Å²) in [7, 11) is 0. The Morgan fingerprint density at radius 2 is 1.94 bits per heavy atom. The lowest BCUT2D eigenvalue weighted by atomic mass is 9.99. The Kier molecular flexibility index (Phi) is 5.02. The SMILES string of the molecule is CCCCCc1ccc(O)c([C@@H](N)C(F)(F)F)c1. The van der Waals surface area contributed by atoms with Gasteiger partial charge in [-0.15, -0.1) is 0 Å². The molecular weight excluding hydrogens is 243 g/mol. The molecule has 1 atom stereocenters. The molecule has 0 radical (unpaired) electrons. The first kappa shape index (κ1) is 14.8. The Morgan fingerprint density at radius 1 is 1.28 bits per heavy atom. The summed E-state index contributed by atoms with van der Waals surface area (Å²) < 4.78 is 37.6. The number of alkyl halides is 3. The van der Waals surface area contributed by atoms with Gasteiger partial charge >= 0.3 is 6.18 Å². The highest BCUT2D eigenvalue weighted by atomic mass is 19.4. The first-order chi connectivity index (χ1) is 8.36. The number of phenols is 1. The molecule has 0 aliphatic rings. The van der Waals surface area contributed by atoms with E-state index in [4.69, 9.17) is 5.73 Å². The number of benzene rings is 1. The molecule has 0 spiro atoms. The van der Waals surface area contributed by atoms with Crippen molar-refractivity contribution >= 4 is 0 Å².